The van der Waals surface area contributed by atoms with E-state index in [1.54, 1.807) is 0 Å². The molecule has 0 aliphatic heterocycles. The number of aliphatic hydroxyl groups excluding tert-OH is 1. The molecule has 0 amide bonds. The van der Waals surface area contributed by atoms with Crippen LogP contribution in [0, 0.1) is 0 Å². The Bertz CT molecular complexity index is 57.9. The fourth-order valence-corrected chi connectivity index (χ4v) is 1.06. The lowest BCUT2D eigenvalue weighted by atomic mass is 10.2. The first-order valence-corrected chi connectivity index (χ1v) is 4.39. The molecular formula is C5H14O2Si. The van der Waals surface area contributed by atoms with Crippen LogP contribution in [-0.4, -0.2) is 26.7 Å². The number of hydrogen-bond donors (Lipinski definition) is 1. The maximum Gasteiger partial charge on any atom is 0.187 e. The van der Waals surface area contributed by atoms with Gasteiger partial charge in [-0.05, 0) is 20.8 Å². The third-order valence-electron chi connectivity index (χ3n) is 0.626. The quantitative estimate of drug-likeness (QED) is 0.532. The van der Waals surface area contributed by atoms with Crippen LogP contribution in [-0.2, 0) is 4.43 Å². The van der Waals surface area contributed by atoms with Crippen molar-refractivity contribution in [1.29, 1.82) is 0 Å². The lowest BCUT2D eigenvalue weighted by Gasteiger charge is -2.18. The van der Waals surface area contributed by atoms with Crippen molar-refractivity contribution in [2.45, 2.75) is 26.4 Å². The van der Waals surface area contributed by atoms with E-state index in [9.17, 15) is 0 Å². The number of hydrogen-bond acceptors (Lipinski definition) is 2. The summed E-state index contributed by atoms with van der Waals surface area (Å²) in [6.45, 7) is 5.99. The van der Waals surface area contributed by atoms with Gasteiger partial charge in [-0.2, -0.15) is 0 Å². The molecule has 1 N–H and O–H groups in total. The van der Waals surface area contributed by atoms with Crippen LogP contribution in [0.3, 0.4) is 0 Å². The molecule has 0 aliphatic carbocycles. The molecule has 0 saturated heterocycles. The van der Waals surface area contributed by atoms with E-state index in [1.807, 2.05) is 20.8 Å². The molecule has 8 heavy (non-hydrogen) atoms. The van der Waals surface area contributed by atoms with E-state index in [0.29, 0.717) is 0 Å². The van der Waals surface area contributed by atoms with Gasteiger partial charge in [0, 0.05) is 5.60 Å². The molecule has 0 radical (unpaired) electrons. The van der Waals surface area contributed by atoms with Gasteiger partial charge in [-0.3, -0.25) is 0 Å². The smallest absolute Gasteiger partial charge is 0.187 e. The van der Waals surface area contributed by atoms with Gasteiger partial charge in [-0.1, -0.05) is 0 Å². The maximum atomic E-state index is 8.37. The molecule has 0 heterocycles. The SMILES string of the molecule is CC(C)(C)O[SiH2]CO. The molecule has 0 aromatic heterocycles. The molecule has 0 aromatic rings. The molecule has 0 bridgehead atoms. The highest BCUT2D eigenvalue weighted by Crippen LogP contribution is 2.03. The minimum absolute atomic E-state index is 0.0467. The van der Waals surface area contributed by atoms with Crippen LogP contribution < -0.4 is 0 Å². The zero-order chi connectivity index (χ0) is 6.62. The monoisotopic (exact) mass is 134 g/mol. The van der Waals surface area contributed by atoms with Crippen molar-refractivity contribution >= 4 is 9.76 Å². The van der Waals surface area contributed by atoms with Crippen molar-refractivity contribution in [1.82, 2.24) is 0 Å². The van der Waals surface area contributed by atoms with Gasteiger partial charge in [-0.25, -0.2) is 0 Å². The number of rotatable bonds is 2. The van der Waals surface area contributed by atoms with E-state index in [1.165, 1.54) is 0 Å². The van der Waals surface area contributed by atoms with Crippen molar-refractivity contribution in [3.63, 3.8) is 0 Å². The second-order valence-electron chi connectivity index (χ2n) is 2.68. The first-order chi connectivity index (χ1) is 3.56. The largest absolute Gasteiger partial charge is 0.417 e. The lowest BCUT2D eigenvalue weighted by Crippen LogP contribution is -2.23. The van der Waals surface area contributed by atoms with Crippen LogP contribution in [0.25, 0.3) is 0 Å². The van der Waals surface area contributed by atoms with Gasteiger partial charge in [0.05, 0.1) is 6.23 Å². The van der Waals surface area contributed by atoms with Crippen molar-refractivity contribution in [3.8, 4) is 0 Å². The summed E-state index contributed by atoms with van der Waals surface area (Å²) < 4.78 is 5.27. The Morgan fingerprint density at radius 2 is 2.00 bits per heavy atom. The minimum Gasteiger partial charge on any atom is -0.417 e. The predicted molar refractivity (Wildman–Crippen MR) is 36.5 cm³/mol. The van der Waals surface area contributed by atoms with Crippen LogP contribution in [0.4, 0.5) is 0 Å². The van der Waals surface area contributed by atoms with Gasteiger partial charge in [-0.15, -0.1) is 0 Å². The summed E-state index contributed by atoms with van der Waals surface area (Å²) in [6.07, 6.45) is 0.247. The zero-order valence-electron chi connectivity index (χ0n) is 5.77. The molecule has 50 valence electrons. The van der Waals surface area contributed by atoms with Crippen molar-refractivity contribution in [3.05, 3.63) is 0 Å². The Hall–Kier alpha value is 0.137. The number of aliphatic hydroxyl groups is 1. The summed E-state index contributed by atoms with van der Waals surface area (Å²) >= 11 is 0. The van der Waals surface area contributed by atoms with Crippen molar-refractivity contribution in [2.24, 2.45) is 0 Å². The average Bonchev–Trinajstić information content (AvgIpc) is 1.59. The van der Waals surface area contributed by atoms with Crippen LogP contribution in [0.2, 0.25) is 0 Å². The topological polar surface area (TPSA) is 29.5 Å². The summed E-state index contributed by atoms with van der Waals surface area (Å²) in [6, 6.07) is 0. The third kappa shape index (κ3) is 6.14. The van der Waals surface area contributed by atoms with Gasteiger partial charge in [0.2, 0.25) is 0 Å². The third-order valence-corrected chi connectivity index (χ3v) is 1.88. The minimum atomic E-state index is -0.627. The maximum absolute atomic E-state index is 8.37. The van der Waals surface area contributed by atoms with Gasteiger partial charge >= 0.3 is 0 Å². The zero-order valence-corrected chi connectivity index (χ0v) is 7.18. The van der Waals surface area contributed by atoms with Gasteiger partial charge in [0.25, 0.3) is 0 Å². The Balaban J connectivity index is 3.11. The Morgan fingerprint density at radius 3 is 2.12 bits per heavy atom. The average molecular weight is 134 g/mol. The molecule has 0 aliphatic rings. The molecule has 2 nitrogen and oxygen atoms in total. The molecule has 0 spiro atoms. The fraction of sp³-hybridized carbons (Fsp3) is 1.00. The lowest BCUT2D eigenvalue weighted by molar-refractivity contribution is 0.130. The molecule has 0 aromatic carbocycles. The van der Waals surface area contributed by atoms with E-state index in [-0.39, 0.29) is 11.8 Å². The van der Waals surface area contributed by atoms with Crippen LogP contribution in [0.5, 0.6) is 0 Å². The normalized spacial score (nSPS) is 13.5. The van der Waals surface area contributed by atoms with E-state index in [0.717, 1.165) is 0 Å². The molecule has 0 atom stereocenters. The summed E-state index contributed by atoms with van der Waals surface area (Å²) in [4.78, 5) is 0. The highest BCUT2D eigenvalue weighted by molar-refractivity contribution is 6.26. The molecule has 0 rings (SSSR count). The molecule has 0 unspecified atom stereocenters. The van der Waals surface area contributed by atoms with E-state index < -0.39 is 9.76 Å². The van der Waals surface area contributed by atoms with Crippen molar-refractivity contribution in [2.75, 3.05) is 6.23 Å². The first kappa shape index (κ1) is 8.14. The summed E-state index contributed by atoms with van der Waals surface area (Å²) in [5.41, 5.74) is -0.0467. The predicted octanol–water partition coefficient (Wildman–Crippen LogP) is -0.165. The Morgan fingerprint density at radius 1 is 1.50 bits per heavy atom. The summed E-state index contributed by atoms with van der Waals surface area (Å²) in [7, 11) is -0.627. The second-order valence-corrected chi connectivity index (χ2v) is 3.83. The Labute approximate surface area is 52.8 Å². The van der Waals surface area contributed by atoms with Gasteiger partial charge in [0.1, 0.15) is 0 Å². The fourth-order valence-electron chi connectivity index (χ4n) is 0.352. The van der Waals surface area contributed by atoms with Crippen LogP contribution in [0.15, 0.2) is 0 Å². The Kier molecular flexibility index (Phi) is 3.27. The van der Waals surface area contributed by atoms with E-state index >= 15 is 0 Å². The van der Waals surface area contributed by atoms with Crippen molar-refractivity contribution < 1.29 is 9.53 Å². The molecule has 0 saturated carbocycles. The van der Waals surface area contributed by atoms with Gasteiger partial charge in [0.15, 0.2) is 9.76 Å². The van der Waals surface area contributed by atoms with Gasteiger partial charge < -0.3 is 9.53 Å². The standard InChI is InChI=1S/C5H14O2Si/c1-5(2,3)7-8-4-6/h6H,4,8H2,1-3H3. The molecule has 0 fully saturated rings. The summed E-state index contributed by atoms with van der Waals surface area (Å²) in [5.74, 6) is 0. The first-order valence-electron chi connectivity index (χ1n) is 2.81. The molecule has 3 heteroatoms. The van der Waals surface area contributed by atoms with E-state index in [2.05, 4.69) is 0 Å². The second kappa shape index (κ2) is 3.22. The summed E-state index contributed by atoms with van der Waals surface area (Å²) in [5, 5.41) is 8.37. The van der Waals surface area contributed by atoms with Crippen LogP contribution in [0.1, 0.15) is 20.8 Å². The highest BCUT2D eigenvalue weighted by Gasteiger charge is 2.07. The highest BCUT2D eigenvalue weighted by atomic mass is 28.2. The van der Waals surface area contributed by atoms with Crippen LogP contribution >= 0.6 is 0 Å². The van der Waals surface area contributed by atoms with E-state index in [4.69, 9.17) is 9.53 Å². The molecular weight excluding hydrogens is 120 g/mol.